The molecule has 0 aromatic heterocycles. The van der Waals surface area contributed by atoms with Gasteiger partial charge in [0.25, 0.3) is 5.91 Å². The van der Waals surface area contributed by atoms with Crippen molar-refractivity contribution in [3.8, 4) is 0 Å². The highest BCUT2D eigenvalue weighted by Gasteiger charge is 2.15. The first-order valence-electron chi connectivity index (χ1n) is 10.9. The van der Waals surface area contributed by atoms with Crippen molar-refractivity contribution in [2.75, 3.05) is 19.6 Å². The van der Waals surface area contributed by atoms with E-state index in [1.54, 1.807) is 0 Å². The summed E-state index contributed by atoms with van der Waals surface area (Å²) < 4.78 is 5.15. The summed E-state index contributed by atoms with van der Waals surface area (Å²) in [5.41, 5.74) is 6.08. The summed E-state index contributed by atoms with van der Waals surface area (Å²) in [6, 6.07) is 9.35. The van der Waals surface area contributed by atoms with Crippen LogP contribution in [0, 0.1) is 5.41 Å². The van der Waals surface area contributed by atoms with Gasteiger partial charge in [0, 0.05) is 25.9 Å². The van der Waals surface area contributed by atoms with Crippen molar-refractivity contribution < 1.29 is 24.2 Å². The summed E-state index contributed by atoms with van der Waals surface area (Å²) in [6.07, 6.45) is 2.87. The summed E-state index contributed by atoms with van der Waals surface area (Å²) in [6.45, 7) is 0.911. The van der Waals surface area contributed by atoms with E-state index < -0.39 is 12.0 Å². The number of aliphatic hydroxyl groups is 1. The fraction of sp³-hybridized carbons (Fsp3) is 0.545. The van der Waals surface area contributed by atoms with Crippen LogP contribution in [0.4, 0.5) is 0 Å². The van der Waals surface area contributed by atoms with Gasteiger partial charge in [-0.1, -0.05) is 43.2 Å². The van der Waals surface area contributed by atoms with E-state index in [4.69, 9.17) is 15.9 Å². The third-order valence-corrected chi connectivity index (χ3v) is 4.54. The van der Waals surface area contributed by atoms with Gasteiger partial charge in [0.2, 0.25) is 5.91 Å². The zero-order valence-corrected chi connectivity index (χ0v) is 19.6. The van der Waals surface area contributed by atoms with E-state index in [1.807, 2.05) is 30.3 Å². The molecular weight excluding hydrogens is 450 g/mol. The van der Waals surface area contributed by atoms with Crippen molar-refractivity contribution >= 4 is 36.2 Å². The van der Waals surface area contributed by atoms with Crippen LogP contribution in [-0.4, -0.2) is 54.6 Å². The number of amides is 2. The lowest BCUT2D eigenvalue weighted by molar-refractivity contribution is -0.145. The predicted octanol–water partition coefficient (Wildman–Crippen LogP) is 0.959. The Morgan fingerprint density at radius 1 is 0.939 bits per heavy atom. The molecule has 0 spiro atoms. The first kappa shape index (κ1) is 30.2. The Bertz CT molecular complexity index is 720. The van der Waals surface area contributed by atoms with Crippen LogP contribution in [0.15, 0.2) is 30.3 Å². The molecule has 10 nitrogen and oxygen atoms in total. The van der Waals surface area contributed by atoms with E-state index in [9.17, 15) is 19.5 Å². The van der Waals surface area contributed by atoms with Gasteiger partial charge in [-0.3, -0.25) is 19.8 Å². The lowest BCUT2D eigenvalue weighted by Gasteiger charge is -2.12. The van der Waals surface area contributed by atoms with Crippen molar-refractivity contribution in [3.63, 3.8) is 0 Å². The molecular formula is C22H36ClN5O5. The molecule has 0 saturated carbocycles. The number of esters is 1. The molecule has 186 valence electrons. The van der Waals surface area contributed by atoms with Crippen molar-refractivity contribution in [3.05, 3.63) is 35.9 Å². The number of guanidine groups is 1. The second-order valence-electron chi connectivity index (χ2n) is 7.37. The highest BCUT2D eigenvalue weighted by atomic mass is 35.5. The van der Waals surface area contributed by atoms with Crippen LogP contribution in [0.5, 0.6) is 0 Å². The topological polar surface area (TPSA) is 167 Å². The molecule has 1 aromatic rings. The summed E-state index contributed by atoms with van der Waals surface area (Å²) in [5.74, 6) is -1.22. The van der Waals surface area contributed by atoms with E-state index in [2.05, 4.69) is 16.0 Å². The van der Waals surface area contributed by atoms with E-state index in [-0.39, 0.29) is 56.4 Å². The van der Waals surface area contributed by atoms with E-state index in [0.717, 1.165) is 24.8 Å². The predicted molar refractivity (Wildman–Crippen MR) is 128 cm³/mol. The fourth-order valence-corrected chi connectivity index (χ4v) is 2.75. The smallest absolute Gasteiger partial charge is 0.306 e. The SMILES string of the molecule is Cl.N=C(N)NCCCCCCC(=O)NC[C@H](O)C(=O)NCCCC(=O)OCc1ccccc1. The third-order valence-electron chi connectivity index (χ3n) is 4.54. The number of aliphatic hydroxyl groups excluding tert-OH is 1. The summed E-state index contributed by atoms with van der Waals surface area (Å²) in [5, 5.41) is 24.7. The number of hydrogen-bond acceptors (Lipinski definition) is 6. The highest BCUT2D eigenvalue weighted by molar-refractivity contribution is 5.85. The number of benzene rings is 1. The number of unbranched alkanes of at least 4 members (excludes halogenated alkanes) is 3. The lowest BCUT2D eigenvalue weighted by atomic mass is 10.1. The normalized spacial score (nSPS) is 10.9. The quantitative estimate of drug-likeness (QED) is 0.0877. The van der Waals surface area contributed by atoms with Crippen LogP contribution in [-0.2, 0) is 25.7 Å². The molecule has 0 aliphatic heterocycles. The van der Waals surface area contributed by atoms with Crippen LogP contribution in [0.3, 0.4) is 0 Å². The molecule has 33 heavy (non-hydrogen) atoms. The van der Waals surface area contributed by atoms with Crippen LogP contribution < -0.4 is 21.7 Å². The Balaban J connectivity index is 0.0000102. The maximum Gasteiger partial charge on any atom is 0.306 e. The molecule has 0 fully saturated rings. The summed E-state index contributed by atoms with van der Waals surface area (Å²) in [7, 11) is 0. The first-order chi connectivity index (χ1) is 15.4. The molecule has 0 aliphatic carbocycles. The second kappa shape index (κ2) is 18.7. The van der Waals surface area contributed by atoms with Gasteiger partial charge in [0.05, 0.1) is 6.54 Å². The van der Waals surface area contributed by atoms with Crippen molar-refractivity contribution in [2.24, 2.45) is 5.73 Å². The summed E-state index contributed by atoms with van der Waals surface area (Å²) >= 11 is 0. The molecule has 0 bridgehead atoms. The zero-order valence-electron chi connectivity index (χ0n) is 18.8. The molecule has 0 radical (unpaired) electrons. The maximum absolute atomic E-state index is 11.9. The Kier molecular flexibility index (Phi) is 17.1. The number of nitrogens with one attached hydrogen (secondary N) is 4. The number of ether oxygens (including phenoxy) is 1. The fourth-order valence-electron chi connectivity index (χ4n) is 2.75. The monoisotopic (exact) mass is 485 g/mol. The molecule has 0 heterocycles. The average molecular weight is 486 g/mol. The largest absolute Gasteiger partial charge is 0.461 e. The first-order valence-corrected chi connectivity index (χ1v) is 10.9. The van der Waals surface area contributed by atoms with Gasteiger partial charge >= 0.3 is 5.97 Å². The van der Waals surface area contributed by atoms with Crippen LogP contribution in [0.25, 0.3) is 0 Å². The van der Waals surface area contributed by atoms with Crippen LogP contribution >= 0.6 is 12.4 Å². The highest BCUT2D eigenvalue weighted by Crippen LogP contribution is 2.03. The van der Waals surface area contributed by atoms with Gasteiger partial charge < -0.3 is 31.5 Å². The molecule has 7 N–H and O–H groups in total. The molecule has 2 amide bonds. The second-order valence-corrected chi connectivity index (χ2v) is 7.37. The molecule has 1 aromatic carbocycles. The lowest BCUT2D eigenvalue weighted by Crippen LogP contribution is -2.43. The minimum Gasteiger partial charge on any atom is -0.461 e. The minimum absolute atomic E-state index is 0. The molecule has 0 unspecified atom stereocenters. The number of carbonyl (C=O) groups is 3. The minimum atomic E-state index is -1.35. The number of hydrogen-bond donors (Lipinski definition) is 6. The van der Waals surface area contributed by atoms with Crippen molar-refractivity contribution in [2.45, 2.75) is 57.7 Å². The van der Waals surface area contributed by atoms with Crippen molar-refractivity contribution in [1.82, 2.24) is 16.0 Å². The Morgan fingerprint density at radius 2 is 1.61 bits per heavy atom. The van der Waals surface area contributed by atoms with Gasteiger partial charge in [0.1, 0.15) is 12.7 Å². The number of nitrogens with two attached hydrogens (primary N) is 1. The third kappa shape index (κ3) is 16.4. The molecule has 1 atom stereocenters. The van der Waals surface area contributed by atoms with E-state index in [1.165, 1.54) is 0 Å². The van der Waals surface area contributed by atoms with Gasteiger partial charge in [-0.2, -0.15) is 0 Å². The molecule has 1 rings (SSSR count). The van der Waals surface area contributed by atoms with Gasteiger partial charge in [0.15, 0.2) is 5.96 Å². The number of rotatable bonds is 16. The standard InChI is InChI=1S/C22H35N5O5.ClH/c23-22(24)26-13-7-2-1-6-11-19(29)27-15-18(28)21(31)25-14-8-12-20(30)32-16-17-9-4-3-5-10-17;/h3-5,9-10,18,28H,1-2,6-8,11-16H2,(H,25,31)(H,27,29)(H4,23,24,26);1H/t18-;/m0./s1. The van der Waals surface area contributed by atoms with Crippen LogP contribution in [0.2, 0.25) is 0 Å². The van der Waals surface area contributed by atoms with Gasteiger partial charge in [-0.05, 0) is 24.8 Å². The summed E-state index contributed by atoms with van der Waals surface area (Å²) in [4.78, 5) is 35.4. The maximum atomic E-state index is 11.9. The number of halogens is 1. The van der Waals surface area contributed by atoms with Crippen LogP contribution in [0.1, 0.15) is 50.5 Å². The molecule has 11 heteroatoms. The Morgan fingerprint density at radius 3 is 2.30 bits per heavy atom. The molecule has 0 aliphatic rings. The average Bonchev–Trinajstić information content (AvgIpc) is 2.78. The van der Waals surface area contributed by atoms with Crippen molar-refractivity contribution in [1.29, 1.82) is 5.41 Å². The zero-order chi connectivity index (χ0) is 23.6. The number of carbonyl (C=O) groups excluding carboxylic acids is 3. The Labute approximate surface area is 200 Å². The molecule has 0 saturated heterocycles. The van der Waals surface area contributed by atoms with Gasteiger partial charge in [-0.25, -0.2) is 0 Å². The Hall–Kier alpha value is -2.85. The van der Waals surface area contributed by atoms with Gasteiger partial charge in [-0.15, -0.1) is 12.4 Å². The van der Waals surface area contributed by atoms with E-state index in [0.29, 0.717) is 25.8 Å². The van der Waals surface area contributed by atoms with E-state index >= 15 is 0 Å².